The van der Waals surface area contributed by atoms with E-state index in [2.05, 4.69) is 13.8 Å². The van der Waals surface area contributed by atoms with Crippen LogP contribution in [0.5, 0.6) is 0 Å². The van der Waals surface area contributed by atoms with Gasteiger partial charge in [-0.2, -0.15) is 0 Å². The van der Waals surface area contributed by atoms with Gasteiger partial charge in [-0.1, -0.05) is 20.3 Å². The van der Waals surface area contributed by atoms with Crippen molar-refractivity contribution in [1.82, 2.24) is 0 Å². The lowest BCUT2D eigenvalue weighted by molar-refractivity contribution is -0.116. The first kappa shape index (κ1) is 12.9. The van der Waals surface area contributed by atoms with Crippen LogP contribution in [0.1, 0.15) is 47.5 Å². The summed E-state index contributed by atoms with van der Waals surface area (Å²) in [4.78, 5) is 0. The van der Waals surface area contributed by atoms with Gasteiger partial charge in [0.1, 0.15) is 0 Å². The molecule has 2 heteroatoms. The number of hydrogen-bond acceptors (Lipinski definition) is 2. The average molecular weight is 188 g/mol. The minimum absolute atomic E-state index is 0.312. The minimum atomic E-state index is -0.413. The summed E-state index contributed by atoms with van der Waals surface area (Å²) in [7, 11) is 0. The predicted octanol–water partition coefficient (Wildman–Crippen LogP) is 2.60. The van der Waals surface area contributed by atoms with E-state index in [4.69, 9.17) is 4.74 Å². The maximum absolute atomic E-state index is 9.98. The SMILES string of the molecule is CCCC(C)C(O)C(C)(C)OCC. The Balaban J connectivity index is 4.12. The van der Waals surface area contributed by atoms with E-state index in [9.17, 15) is 5.11 Å². The normalized spacial score (nSPS) is 17.1. The van der Waals surface area contributed by atoms with Crippen LogP contribution in [-0.2, 0) is 4.74 Å². The molecule has 2 atom stereocenters. The van der Waals surface area contributed by atoms with Gasteiger partial charge in [0.25, 0.3) is 0 Å². The number of rotatable bonds is 6. The largest absolute Gasteiger partial charge is 0.390 e. The van der Waals surface area contributed by atoms with Gasteiger partial charge in [0.05, 0.1) is 11.7 Å². The van der Waals surface area contributed by atoms with Crippen LogP contribution in [0.4, 0.5) is 0 Å². The lowest BCUT2D eigenvalue weighted by Gasteiger charge is -2.34. The molecule has 0 rings (SSSR count). The van der Waals surface area contributed by atoms with Crippen LogP contribution in [0.15, 0.2) is 0 Å². The van der Waals surface area contributed by atoms with Crippen molar-refractivity contribution < 1.29 is 9.84 Å². The summed E-state index contributed by atoms with van der Waals surface area (Å²) in [6.07, 6.45) is 1.80. The van der Waals surface area contributed by atoms with Gasteiger partial charge in [0, 0.05) is 6.61 Å². The van der Waals surface area contributed by atoms with Gasteiger partial charge in [0.2, 0.25) is 0 Å². The van der Waals surface area contributed by atoms with E-state index in [-0.39, 0.29) is 6.10 Å². The Labute approximate surface area is 82.3 Å². The summed E-state index contributed by atoms with van der Waals surface area (Å²) in [6.45, 7) is 10.7. The Morgan fingerprint density at radius 1 is 1.31 bits per heavy atom. The molecule has 2 unspecified atom stereocenters. The zero-order chi connectivity index (χ0) is 10.5. The van der Waals surface area contributed by atoms with Gasteiger partial charge >= 0.3 is 0 Å². The first-order chi connectivity index (χ1) is 5.95. The van der Waals surface area contributed by atoms with Crippen LogP contribution in [0.3, 0.4) is 0 Å². The standard InChI is InChI=1S/C11H24O2/c1-6-8-9(3)10(12)11(4,5)13-7-2/h9-10,12H,6-8H2,1-5H3. The fourth-order valence-electron chi connectivity index (χ4n) is 1.76. The number of hydrogen-bond donors (Lipinski definition) is 1. The van der Waals surface area contributed by atoms with Crippen molar-refractivity contribution in [2.75, 3.05) is 6.61 Å². The molecule has 0 fully saturated rings. The molecule has 0 saturated heterocycles. The zero-order valence-electron chi connectivity index (χ0n) is 9.63. The molecule has 80 valence electrons. The zero-order valence-corrected chi connectivity index (χ0v) is 9.63. The van der Waals surface area contributed by atoms with Crippen molar-refractivity contribution in [2.24, 2.45) is 5.92 Å². The molecule has 0 aliphatic carbocycles. The van der Waals surface area contributed by atoms with Crippen molar-refractivity contribution >= 4 is 0 Å². The smallest absolute Gasteiger partial charge is 0.0886 e. The van der Waals surface area contributed by atoms with Gasteiger partial charge < -0.3 is 9.84 Å². The van der Waals surface area contributed by atoms with E-state index in [1.807, 2.05) is 20.8 Å². The molecule has 0 spiro atoms. The number of ether oxygens (including phenoxy) is 1. The summed E-state index contributed by atoms with van der Waals surface area (Å²) >= 11 is 0. The van der Waals surface area contributed by atoms with Crippen LogP contribution in [0.2, 0.25) is 0 Å². The fourth-order valence-corrected chi connectivity index (χ4v) is 1.76. The van der Waals surface area contributed by atoms with E-state index in [1.165, 1.54) is 0 Å². The van der Waals surface area contributed by atoms with Crippen LogP contribution in [0, 0.1) is 5.92 Å². The highest BCUT2D eigenvalue weighted by Gasteiger charge is 2.31. The molecular formula is C11H24O2. The van der Waals surface area contributed by atoms with Crippen molar-refractivity contribution in [2.45, 2.75) is 59.2 Å². The second-order valence-electron chi connectivity index (χ2n) is 4.25. The van der Waals surface area contributed by atoms with Gasteiger partial charge in [-0.15, -0.1) is 0 Å². The van der Waals surface area contributed by atoms with E-state index in [1.54, 1.807) is 0 Å². The lowest BCUT2D eigenvalue weighted by atomic mass is 9.88. The molecule has 0 radical (unpaired) electrons. The topological polar surface area (TPSA) is 29.5 Å². The van der Waals surface area contributed by atoms with E-state index in [0.717, 1.165) is 12.8 Å². The Hall–Kier alpha value is -0.0800. The molecular weight excluding hydrogens is 164 g/mol. The highest BCUT2D eigenvalue weighted by Crippen LogP contribution is 2.24. The maximum Gasteiger partial charge on any atom is 0.0886 e. The Morgan fingerprint density at radius 2 is 1.85 bits per heavy atom. The molecule has 0 amide bonds. The molecule has 0 bridgehead atoms. The summed E-state index contributed by atoms with van der Waals surface area (Å²) < 4.78 is 5.51. The first-order valence-corrected chi connectivity index (χ1v) is 5.27. The molecule has 0 aromatic carbocycles. The highest BCUT2D eigenvalue weighted by molar-refractivity contribution is 4.82. The van der Waals surface area contributed by atoms with Gasteiger partial charge in [-0.3, -0.25) is 0 Å². The van der Waals surface area contributed by atoms with Crippen molar-refractivity contribution in [1.29, 1.82) is 0 Å². The van der Waals surface area contributed by atoms with Crippen LogP contribution >= 0.6 is 0 Å². The van der Waals surface area contributed by atoms with E-state index >= 15 is 0 Å². The molecule has 13 heavy (non-hydrogen) atoms. The summed E-state index contributed by atoms with van der Waals surface area (Å²) in [5.41, 5.74) is -0.413. The predicted molar refractivity (Wildman–Crippen MR) is 55.8 cm³/mol. The summed E-state index contributed by atoms with van der Waals surface area (Å²) in [5.74, 6) is 0.312. The third kappa shape index (κ3) is 4.10. The number of aliphatic hydroxyl groups excluding tert-OH is 1. The summed E-state index contributed by atoms with van der Waals surface area (Å²) in [5, 5.41) is 9.98. The summed E-state index contributed by atoms with van der Waals surface area (Å²) in [6, 6.07) is 0. The second-order valence-corrected chi connectivity index (χ2v) is 4.25. The monoisotopic (exact) mass is 188 g/mol. The Kier molecular flexibility index (Phi) is 5.57. The molecule has 2 nitrogen and oxygen atoms in total. The Morgan fingerprint density at radius 3 is 2.23 bits per heavy atom. The van der Waals surface area contributed by atoms with Crippen molar-refractivity contribution in [3.05, 3.63) is 0 Å². The van der Waals surface area contributed by atoms with Crippen LogP contribution < -0.4 is 0 Å². The highest BCUT2D eigenvalue weighted by atomic mass is 16.5. The quantitative estimate of drug-likeness (QED) is 0.694. The molecule has 0 aliphatic heterocycles. The number of aliphatic hydroxyl groups is 1. The molecule has 0 heterocycles. The van der Waals surface area contributed by atoms with Crippen molar-refractivity contribution in [3.63, 3.8) is 0 Å². The van der Waals surface area contributed by atoms with Gasteiger partial charge in [0.15, 0.2) is 0 Å². The van der Waals surface area contributed by atoms with Gasteiger partial charge in [-0.05, 0) is 33.1 Å². The molecule has 0 saturated carbocycles. The molecule has 0 aromatic rings. The van der Waals surface area contributed by atoms with E-state index in [0.29, 0.717) is 12.5 Å². The third-order valence-corrected chi connectivity index (χ3v) is 2.51. The van der Waals surface area contributed by atoms with Crippen LogP contribution in [-0.4, -0.2) is 23.4 Å². The van der Waals surface area contributed by atoms with Gasteiger partial charge in [-0.25, -0.2) is 0 Å². The average Bonchev–Trinajstić information content (AvgIpc) is 2.03. The fraction of sp³-hybridized carbons (Fsp3) is 1.00. The van der Waals surface area contributed by atoms with E-state index < -0.39 is 5.60 Å². The molecule has 1 N–H and O–H groups in total. The molecule has 0 aliphatic rings. The molecule has 0 aromatic heterocycles. The minimum Gasteiger partial charge on any atom is -0.390 e. The van der Waals surface area contributed by atoms with Crippen molar-refractivity contribution in [3.8, 4) is 0 Å². The van der Waals surface area contributed by atoms with Crippen LogP contribution in [0.25, 0.3) is 0 Å². The first-order valence-electron chi connectivity index (χ1n) is 5.27. The lowest BCUT2D eigenvalue weighted by Crippen LogP contribution is -2.43. The second kappa shape index (κ2) is 5.61. The third-order valence-electron chi connectivity index (χ3n) is 2.51. The maximum atomic E-state index is 9.98. The Bertz CT molecular complexity index is 132.